The molecule has 6 heteroatoms. The zero-order valence-corrected chi connectivity index (χ0v) is 12.0. The molecular formula is C13H19NO4S. The van der Waals surface area contributed by atoms with Crippen molar-refractivity contribution in [3.63, 3.8) is 0 Å². The highest BCUT2D eigenvalue weighted by atomic mass is 32.1. The molecule has 1 aliphatic rings. The minimum Gasteiger partial charge on any atom is -0.489 e. The van der Waals surface area contributed by atoms with Gasteiger partial charge in [0.15, 0.2) is 4.88 Å². The van der Waals surface area contributed by atoms with Crippen LogP contribution in [0.5, 0.6) is 5.75 Å². The highest BCUT2D eigenvalue weighted by Gasteiger charge is 2.21. The van der Waals surface area contributed by atoms with Crippen LogP contribution in [0.15, 0.2) is 6.07 Å². The molecule has 0 saturated carbocycles. The van der Waals surface area contributed by atoms with Crippen LogP contribution in [-0.2, 0) is 11.2 Å². The zero-order chi connectivity index (χ0) is 13.8. The third-order valence-electron chi connectivity index (χ3n) is 3.06. The quantitative estimate of drug-likeness (QED) is 0.892. The normalized spacial score (nSPS) is 20.4. The number of hydrogen-bond acceptors (Lipinski definition) is 5. The molecule has 1 saturated heterocycles. The molecule has 1 aromatic rings. The molecule has 0 amide bonds. The van der Waals surface area contributed by atoms with E-state index in [9.17, 15) is 4.79 Å². The summed E-state index contributed by atoms with van der Waals surface area (Å²) in [5.41, 5.74) is 0. The number of carboxylic acids is 1. The molecule has 1 atom stereocenters. The predicted octanol–water partition coefficient (Wildman–Crippen LogP) is 1.72. The number of ether oxygens (including phenoxy) is 2. The fourth-order valence-corrected chi connectivity index (χ4v) is 2.88. The van der Waals surface area contributed by atoms with Crippen LogP contribution < -0.4 is 4.74 Å². The Labute approximate surface area is 116 Å². The number of carboxylic acid groups (broad SMARTS) is 1. The van der Waals surface area contributed by atoms with Crippen LogP contribution in [0.1, 0.15) is 21.5 Å². The highest BCUT2D eigenvalue weighted by molar-refractivity contribution is 7.14. The Morgan fingerprint density at radius 2 is 2.47 bits per heavy atom. The van der Waals surface area contributed by atoms with Gasteiger partial charge in [0.25, 0.3) is 0 Å². The molecule has 0 radical (unpaired) electrons. The van der Waals surface area contributed by atoms with Gasteiger partial charge in [0, 0.05) is 18.0 Å². The van der Waals surface area contributed by atoms with Crippen molar-refractivity contribution in [1.29, 1.82) is 0 Å². The van der Waals surface area contributed by atoms with Gasteiger partial charge in [-0.3, -0.25) is 0 Å². The van der Waals surface area contributed by atoms with Gasteiger partial charge in [-0.05, 0) is 19.5 Å². The first-order chi connectivity index (χ1) is 9.10. The Balaban J connectivity index is 1.98. The summed E-state index contributed by atoms with van der Waals surface area (Å²) in [6.45, 7) is 4.83. The van der Waals surface area contributed by atoms with E-state index in [1.807, 2.05) is 20.0 Å². The second-order valence-electron chi connectivity index (χ2n) is 4.63. The first kappa shape index (κ1) is 14.3. The van der Waals surface area contributed by atoms with Crippen LogP contribution in [0.2, 0.25) is 0 Å². The molecule has 1 aromatic heterocycles. The summed E-state index contributed by atoms with van der Waals surface area (Å²) in [6.07, 6.45) is 0.821. The van der Waals surface area contributed by atoms with E-state index in [2.05, 4.69) is 4.90 Å². The standard InChI is InChI=1S/C13H19NO4S/c1-3-10-6-11(12(19-10)13(15)16)18-8-9-7-14(2)4-5-17-9/h6,9H,3-5,7-8H2,1-2H3,(H,15,16). The molecular weight excluding hydrogens is 266 g/mol. The van der Waals surface area contributed by atoms with Crippen LogP contribution in [0.4, 0.5) is 0 Å². The molecule has 0 spiro atoms. The van der Waals surface area contributed by atoms with E-state index in [0.29, 0.717) is 19.0 Å². The molecule has 0 bridgehead atoms. The smallest absolute Gasteiger partial charge is 0.349 e. The number of rotatable bonds is 5. The van der Waals surface area contributed by atoms with Gasteiger partial charge in [-0.15, -0.1) is 11.3 Å². The molecule has 1 N–H and O–H groups in total. The van der Waals surface area contributed by atoms with Crippen molar-refractivity contribution in [3.05, 3.63) is 15.8 Å². The second kappa shape index (κ2) is 6.36. The fraction of sp³-hybridized carbons (Fsp3) is 0.615. The average molecular weight is 285 g/mol. The van der Waals surface area contributed by atoms with Gasteiger partial charge in [0.1, 0.15) is 18.5 Å². The van der Waals surface area contributed by atoms with Gasteiger partial charge in [-0.2, -0.15) is 0 Å². The second-order valence-corrected chi connectivity index (χ2v) is 5.77. The topological polar surface area (TPSA) is 59.0 Å². The lowest BCUT2D eigenvalue weighted by Crippen LogP contribution is -2.42. The maximum absolute atomic E-state index is 11.1. The van der Waals surface area contributed by atoms with Gasteiger partial charge < -0.3 is 19.5 Å². The van der Waals surface area contributed by atoms with Crippen LogP contribution in [0, 0.1) is 0 Å². The molecule has 1 fully saturated rings. The number of hydrogen-bond donors (Lipinski definition) is 1. The van der Waals surface area contributed by atoms with E-state index in [4.69, 9.17) is 14.6 Å². The van der Waals surface area contributed by atoms with Gasteiger partial charge in [0.05, 0.1) is 6.61 Å². The predicted molar refractivity (Wildman–Crippen MR) is 73.4 cm³/mol. The fourth-order valence-electron chi connectivity index (χ4n) is 2.00. The summed E-state index contributed by atoms with van der Waals surface area (Å²) in [6, 6.07) is 1.82. The number of morpholine rings is 1. The summed E-state index contributed by atoms with van der Waals surface area (Å²) >= 11 is 1.28. The Morgan fingerprint density at radius 3 is 3.11 bits per heavy atom. The summed E-state index contributed by atoms with van der Waals surface area (Å²) in [5, 5.41) is 9.14. The first-order valence-corrected chi connectivity index (χ1v) is 7.20. The van der Waals surface area contributed by atoms with E-state index >= 15 is 0 Å². The minimum absolute atomic E-state index is 0.00497. The lowest BCUT2D eigenvalue weighted by Gasteiger charge is -2.29. The number of likely N-dealkylation sites (N-methyl/N-ethyl adjacent to an activating group) is 1. The lowest BCUT2D eigenvalue weighted by molar-refractivity contribution is -0.0404. The highest BCUT2D eigenvalue weighted by Crippen LogP contribution is 2.30. The molecule has 5 nitrogen and oxygen atoms in total. The summed E-state index contributed by atoms with van der Waals surface area (Å²) in [7, 11) is 2.04. The van der Waals surface area contributed by atoms with Crippen molar-refractivity contribution in [3.8, 4) is 5.75 Å². The molecule has 2 heterocycles. The molecule has 2 rings (SSSR count). The first-order valence-electron chi connectivity index (χ1n) is 6.39. The van der Waals surface area contributed by atoms with Gasteiger partial charge in [-0.25, -0.2) is 4.79 Å². The van der Waals surface area contributed by atoms with Crippen LogP contribution >= 0.6 is 11.3 Å². The Kier molecular flexibility index (Phi) is 4.79. The minimum atomic E-state index is -0.929. The number of nitrogens with zero attached hydrogens (tertiary/aromatic N) is 1. The number of thiophene rings is 1. The third kappa shape index (κ3) is 3.68. The molecule has 1 aliphatic heterocycles. The Bertz CT molecular complexity index is 446. The maximum Gasteiger partial charge on any atom is 0.349 e. The Morgan fingerprint density at radius 1 is 1.68 bits per heavy atom. The lowest BCUT2D eigenvalue weighted by atomic mass is 10.3. The monoisotopic (exact) mass is 285 g/mol. The van der Waals surface area contributed by atoms with Crippen LogP contribution in [0.3, 0.4) is 0 Å². The summed E-state index contributed by atoms with van der Waals surface area (Å²) in [5.74, 6) is -0.465. The largest absolute Gasteiger partial charge is 0.489 e. The molecule has 19 heavy (non-hydrogen) atoms. The van der Waals surface area contributed by atoms with Crippen LogP contribution in [-0.4, -0.2) is 55.4 Å². The van der Waals surface area contributed by atoms with Gasteiger partial charge in [0.2, 0.25) is 0 Å². The Hall–Kier alpha value is -1.11. The van der Waals surface area contributed by atoms with Crippen molar-refractivity contribution in [2.75, 3.05) is 33.4 Å². The summed E-state index contributed by atoms with van der Waals surface area (Å²) in [4.78, 5) is 14.6. The molecule has 1 unspecified atom stereocenters. The van der Waals surface area contributed by atoms with Crippen molar-refractivity contribution in [1.82, 2.24) is 4.90 Å². The molecule has 0 aromatic carbocycles. The van der Waals surface area contributed by atoms with E-state index in [1.165, 1.54) is 11.3 Å². The van der Waals surface area contributed by atoms with Crippen molar-refractivity contribution >= 4 is 17.3 Å². The number of aryl methyl sites for hydroxylation is 1. The van der Waals surface area contributed by atoms with E-state index in [0.717, 1.165) is 24.4 Å². The SMILES string of the molecule is CCc1cc(OCC2CN(C)CCO2)c(C(=O)O)s1. The van der Waals surface area contributed by atoms with Gasteiger partial charge in [-0.1, -0.05) is 6.92 Å². The van der Waals surface area contributed by atoms with Crippen LogP contribution in [0.25, 0.3) is 0 Å². The summed E-state index contributed by atoms with van der Waals surface area (Å²) < 4.78 is 11.2. The number of carbonyl (C=O) groups is 1. The molecule has 0 aliphatic carbocycles. The third-order valence-corrected chi connectivity index (χ3v) is 4.31. The van der Waals surface area contributed by atoms with Gasteiger partial charge >= 0.3 is 5.97 Å². The number of aromatic carboxylic acids is 1. The molecule has 106 valence electrons. The van der Waals surface area contributed by atoms with E-state index in [-0.39, 0.29) is 11.0 Å². The maximum atomic E-state index is 11.1. The van der Waals surface area contributed by atoms with Crippen molar-refractivity contribution in [2.45, 2.75) is 19.4 Å². The van der Waals surface area contributed by atoms with E-state index in [1.54, 1.807) is 0 Å². The van der Waals surface area contributed by atoms with Crippen molar-refractivity contribution < 1.29 is 19.4 Å². The zero-order valence-electron chi connectivity index (χ0n) is 11.2. The van der Waals surface area contributed by atoms with E-state index < -0.39 is 5.97 Å². The average Bonchev–Trinajstić information content (AvgIpc) is 2.80. The van der Waals surface area contributed by atoms with Crippen molar-refractivity contribution in [2.24, 2.45) is 0 Å².